The summed E-state index contributed by atoms with van der Waals surface area (Å²) < 4.78 is 6.82. The maximum absolute atomic E-state index is 10.9. The number of benzene rings is 2. The molecule has 1 saturated heterocycles. The van der Waals surface area contributed by atoms with Crippen LogP contribution in [0.1, 0.15) is 38.9 Å². The Balaban J connectivity index is 1.63. The second-order valence-corrected chi connectivity index (χ2v) is 13.5. The van der Waals surface area contributed by atoms with E-state index in [2.05, 4.69) is 84.2 Å². The lowest BCUT2D eigenvalue weighted by Crippen LogP contribution is -2.66. The summed E-state index contributed by atoms with van der Waals surface area (Å²) in [6.45, 7) is 8.89. The lowest BCUT2D eigenvalue weighted by Gasteiger charge is -2.43. The Bertz CT molecular complexity index is 932. The summed E-state index contributed by atoms with van der Waals surface area (Å²) in [5.41, 5.74) is 0.683. The molecular formula is C25H31N3O2Si. The molecule has 0 saturated carbocycles. The van der Waals surface area contributed by atoms with Crippen molar-refractivity contribution in [3.8, 4) is 0 Å². The van der Waals surface area contributed by atoms with Gasteiger partial charge in [-0.25, -0.2) is 9.97 Å². The molecule has 5 nitrogen and oxygen atoms in total. The van der Waals surface area contributed by atoms with Gasteiger partial charge in [0.1, 0.15) is 6.10 Å². The molecule has 0 bridgehead atoms. The van der Waals surface area contributed by atoms with Crippen LogP contribution in [0.5, 0.6) is 0 Å². The zero-order valence-corrected chi connectivity index (χ0v) is 19.5. The maximum Gasteiger partial charge on any atom is 0.261 e. The van der Waals surface area contributed by atoms with Crippen molar-refractivity contribution >= 4 is 24.6 Å². The van der Waals surface area contributed by atoms with E-state index < -0.39 is 14.4 Å². The third-order valence-corrected chi connectivity index (χ3v) is 11.1. The molecule has 1 aliphatic rings. The van der Waals surface area contributed by atoms with Crippen molar-refractivity contribution in [2.24, 2.45) is 0 Å². The Morgan fingerprint density at radius 1 is 0.935 bits per heavy atom. The van der Waals surface area contributed by atoms with Gasteiger partial charge in [-0.15, -0.1) is 0 Å². The minimum Gasteiger partial charge on any atom is -0.404 e. The van der Waals surface area contributed by atoms with E-state index in [4.69, 9.17) is 4.43 Å². The molecule has 0 radical (unpaired) electrons. The monoisotopic (exact) mass is 433 g/mol. The summed E-state index contributed by atoms with van der Waals surface area (Å²) in [4.78, 5) is 11.0. The number of hydrogen-bond acceptors (Lipinski definition) is 5. The predicted molar refractivity (Wildman–Crippen MR) is 127 cm³/mol. The van der Waals surface area contributed by atoms with Crippen LogP contribution in [0, 0.1) is 0 Å². The smallest absolute Gasteiger partial charge is 0.261 e. The van der Waals surface area contributed by atoms with Gasteiger partial charge in [-0.3, -0.25) is 0 Å². The number of nitrogens with zero attached hydrogens (tertiary/aromatic N) is 3. The first-order valence-electron chi connectivity index (χ1n) is 10.9. The molecule has 2 aromatic carbocycles. The van der Waals surface area contributed by atoms with Gasteiger partial charge in [-0.05, 0) is 21.8 Å². The summed E-state index contributed by atoms with van der Waals surface area (Å²) in [6, 6.07) is 20.9. The Morgan fingerprint density at radius 2 is 1.45 bits per heavy atom. The number of anilines is 1. The minimum absolute atomic E-state index is 0.132. The molecule has 1 aromatic heterocycles. The largest absolute Gasteiger partial charge is 0.404 e. The summed E-state index contributed by atoms with van der Waals surface area (Å²) in [7, 11) is -2.68. The first-order chi connectivity index (χ1) is 14.9. The molecule has 6 heteroatoms. The molecule has 0 aliphatic carbocycles. The molecule has 31 heavy (non-hydrogen) atoms. The number of aromatic nitrogens is 2. The molecule has 2 heterocycles. The van der Waals surface area contributed by atoms with Gasteiger partial charge in [0.2, 0.25) is 5.95 Å². The van der Waals surface area contributed by atoms with E-state index in [0.717, 1.165) is 19.0 Å². The average Bonchev–Trinajstić information content (AvgIpc) is 2.74. The van der Waals surface area contributed by atoms with Gasteiger partial charge in [0, 0.05) is 31.0 Å². The van der Waals surface area contributed by atoms with E-state index in [1.807, 2.05) is 12.1 Å². The van der Waals surface area contributed by atoms with Gasteiger partial charge < -0.3 is 14.4 Å². The molecule has 162 valence electrons. The highest BCUT2D eigenvalue weighted by Crippen LogP contribution is 2.37. The first kappa shape index (κ1) is 21.7. The third kappa shape index (κ3) is 4.28. The van der Waals surface area contributed by atoms with E-state index in [-0.39, 0.29) is 11.6 Å². The van der Waals surface area contributed by atoms with Crippen LogP contribution in [-0.2, 0) is 4.43 Å². The molecule has 1 aliphatic heterocycles. The normalized spacial score (nSPS) is 15.4. The fourth-order valence-corrected chi connectivity index (χ4v) is 8.81. The van der Waals surface area contributed by atoms with Gasteiger partial charge in [0.25, 0.3) is 8.32 Å². The second-order valence-electron chi connectivity index (χ2n) is 9.15. The highest BCUT2D eigenvalue weighted by Gasteiger charge is 2.50. The van der Waals surface area contributed by atoms with Crippen LogP contribution in [0.25, 0.3) is 0 Å². The first-order valence-corrected chi connectivity index (χ1v) is 12.8. The summed E-state index contributed by atoms with van der Waals surface area (Å²) in [5.74, 6) is 0.732. The second kappa shape index (κ2) is 8.90. The lowest BCUT2D eigenvalue weighted by molar-refractivity contribution is 0.102. The fourth-order valence-electron chi connectivity index (χ4n) is 4.24. The zero-order chi connectivity index (χ0) is 21.9. The number of aliphatic hydroxyl groups is 1. The molecule has 1 atom stereocenters. The average molecular weight is 434 g/mol. The molecule has 1 unspecified atom stereocenters. The quantitative estimate of drug-likeness (QED) is 0.580. The van der Waals surface area contributed by atoms with Crippen molar-refractivity contribution < 1.29 is 9.53 Å². The van der Waals surface area contributed by atoms with Crippen molar-refractivity contribution in [3.05, 3.63) is 78.6 Å². The zero-order valence-electron chi connectivity index (χ0n) is 18.5. The summed E-state index contributed by atoms with van der Waals surface area (Å²) >= 11 is 0. The van der Waals surface area contributed by atoms with Gasteiger partial charge in [0.15, 0.2) is 0 Å². The topological polar surface area (TPSA) is 58.5 Å². The van der Waals surface area contributed by atoms with Crippen molar-refractivity contribution in [1.29, 1.82) is 0 Å². The Morgan fingerprint density at radius 3 is 1.87 bits per heavy atom. The van der Waals surface area contributed by atoms with Crippen molar-refractivity contribution in [3.63, 3.8) is 0 Å². The fraction of sp³-hybridized carbons (Fsp3) is 0.360. The van der Waals surface area contributed by atoms with Crippen molar-refractivity contribution in [1.82, 2.24) is 9.97 Å². The molecule has 4 rings (SSSR count). The summed E-state index contributed by atoms with van der Waals surface area (Å²) in [5, 5.41) is 13.2. The molecule has 3 aromatic rings. The summed E-state index contributed by atoms with van der Waals surface area (Å²) in [6.07, 6.45) is 3.84. The van der Waals surface area contributed by atoms with Gasteiger partial charge in [0.05, 0.1) is 6.61 Å². The molecule has 1 fully saturated rings. The van der Waals surface area contributed by atoms with Crippen LogP contribution < -0.4 is 15.3 Å². The number of aliphatic hydroxyl groups excluding tert-OH is 1. The number of rotatable bonds is 7. The van der Waals surface area contributed by atoms with Crippen LogP contribution >= 0.6 is 0 Å². The van der Waals surface area contributed by atoms with Crippen LogP contribution in [0.15, 0.2) is 73.1 Å². The highest BCUT2D eigenvalue weighted by atomic mass is 28.4. The Kier molecular flexibility index (Phi) is 6.23. The van der Waals surface area contributed by atoms with E-state index in [9.17, 15) is 5.11 Å². The standard InChI is InChI=1S/C25H31N3O2Si/c1-25(2,3)31(21-11-6-4-7-12-21,22-13-8-5-9-14-22)30-19-23(29)20-17-26-24(27-18-20)28-15-10-16-28/h4-9,11-14,17-18,23,29H,10,15-16,19H2,1-3H3. The molecule has 1 N–H and O–H groups in total. The van der Waals surface area contributed by atoms with Gasteiger partial charge >= 0.3 is 0 Å². The minimum atomic E-state index is -2.68. The van der Waals surface area contributed by atoms with Gasteiger partial charge in [-0.1, -0.05) is 81.4 Å². The number of hydrogen-bond donors (Lipinski definition) is 1. The predicted octanol–water partition coefficient (Wildman–Crippen LogP) is 3.30. The van der Waals surface area contributed by atoms with Crippen LogP contribution in [0.3, 0.4) is 0 Å². The van der Waals surface area contributed by atoms with E-state index >= 15 is 0 Å². The van der Waals surface area contributed by atoms with Crippen LogP contribution in [0.4, 0.5) is 5.95 Å². The molecule has 0 amide bonds. The van der Waals surface area contributed by atoms with E-state index in [1.54, 1.807) is 12.4 Å². The van der Waals surface area contributed by atoms with Crippen LogP contribution in [-0.4, -0.2) is 43.1 Å². The van der Waals surface area contributed by atoms with E-state index in [0.29, 0.717) is 5.56 Å². The van der Waals surface area contributed by atoms with Crippen molar-refractivity contribution in [2.75, 3.05) is 24.6 Å². The molecular weight excluding hydrogens is 402 g/mol. The highest BCUT2D eigenvalue weighted by molar-refractivity contribution is 6.99. The maximum atomic E-state index is 10.9. The lowest BCUT2D eigenvalue weighted by atomic mass is 10.2. The Labute approximate surface area is 185 Å². The molecule has 0 spiro atoms. The third-order valence-electron chi connectivity index (χ3n) is 6.06. The van der Waals surface area contributed by atoms with Crippen molar-refractivity contribution in [2.45, 2.75) is 38.3 Å². The van der Waals surface area contributed by atoms with E-state index in [1.165, 1.54) is 16.8 Å². The van der Waals surface area contributed by atoms with Crippen LogP contribution in [0.2, 0.25) is 5.04 Å². The SMILES string of the molecule is CC(C)(C)[Si](OCC(O)c1cnc(N2CCC2)nc1)(c1ccccc1)c1ccccc1. The van der Waals surface area contributed by atoms with Gasteiger partial charge in [-0.2, -0.15) is 0 Å². The Hall–Kier alpha value is -2.54.